The van der Waals surface area contributed by atoms with E-state index >= 15 is 0 Å². The van der Waals surface area contributed by atoms with Crippen LogP contribution in [0.4, 0.5) is 0 Å². The van der Waals surface area contributed by atoms with Crippen molar-refractivity contribution in [2.24, 2.45) is 0 Å². The maximum absolute atomic E-state index is 10.6. The molecule has 1 aromatic carbocycles. The van der Waals surface area contributed by atoms with E-state index in [1.54, 1.807) is 0 Å². The molecule has 1 aromatic heterocycles. The van der Waals surface area contributed by atoms with Gasteiger partial charge in [0.15, 0.2) is 0 Å². The van der Waals surface area contributed by atoms with E-state index in [1.807, 2.05) is 48.1 Å². The number of hydrogen-bond acceptors (Lipinski definition) is 3. The molecule has 0 radical (unpaired) electrons. The van der Waals surface area contributed by atoms with Crippen LogP contribution in [-0.4, -0.2) is 21.4 Å². The van der Waals surface area contributed by atoms with Crippen molar-refractivity contribution in [2.45, 2.75) is 45.4 Å². The fraction of sp³-hybridized carbons (Fsp3) is 0.471. The minimum Gasteiger partial charge on any atom is -0.384 e. The first kappa shape index (κ1) is 15.7. The first-order chi connectivity index (χ1) is 9.90. The number of nitrogens with one attached hydrogen (secondary N) is 1. The van der Waals surface area contributed by atoms with Crippen LogP contribution in [0.1, 0.15) is 50.9 Å². The van der Waals surface area contributed by atoms with Crippen LogP contribution < -0.4 is 5.32 Å². The Kier molecular flexibility index (Phi) is 4.80. The minimum absolute atomic E-state index is 0.146. The van der Waals surface area contributed by atoms with Crippen LogP contribution in [0.2, 0.25) is 0 Å². The molecule has 0 amide bonds. The zero-order valence-electron chi connectivity index (χ0n) is 13.2. The lowest BCUT2D eigenvalue weighted by molar-refractivity contribution is 0.0543. The highest BCUT2D eigenvalue weighted by atomic mass is 16.3. The van der Waals surface area contributed by atoms with Gasteiger partial charge in [-0.25, -0.2) is 0 Å². The van der Waals surface area contributed by atoms with Gasteiger partial charge in [-0.3, -0.25) is 4.68 Å². The van der Waals surface area contributed by atoms with Gasteiger partial charge in [0.2, 0.25) is 0 Å². The molecule has 0 aliphatic rings. The lowest BCUT2D eigenvalue weighted by Gasteiger charge is -2.26. The minimum atomic E-state index is -0.885. The summed E-state index contributed by atoms with van der Waals surface area (Å²) in [7, 11) is 0. The quantitative estimate of drug-likeness (QED) is 0.858. The summed E-state index contributed by atoms with van der Waals surface area (Å²) in [5.41, 5.74) is 1.17. The predicted octanol–water partition coefficient (Wildman–Crippen LogP) is 3.02. The lowest BCUT2D eigenvalue weighted by atomic mass is 9.95. The van der Waals surface area contributed by atoms with Gasteiger partial charge in [-0.1, -0.05) is 30.3 Å². The zero-order chi connectivity index (χ0) is 15.5. The predicted molar refractivity (Wildman–Crippen MR) is 85.0 cm³/mol. The van der Waals surface area contributed by atoms with E-state index in [-0.39, 0.29) is 6.04 Å². The van der Waals surface area contributed by atoms with Gasteiger partial charge in [0.1, 0.15) is 0 Å². The van der Waals surface area contributed by atoms with E-state index in [0.29, 0.717) is 12.6 Å². The van der Waals surface area contributed by atoms with Gasteiger partial charge in [-0.05, 0) is 33.3 Å². The van der Waals surface area contributed by atoms with E-state index < -0.39 is 5.60 Å². The second-order valence-corrected chi connectivity index (χ2v) is 6.09. The van der Waals surface area contributed by atoms with Crippen molar-refractivity contribution in [3.05, 3.63) is 53.9 Å². The average Bonchev–Trinajstić information content (AvgIpc) is 2.96. The first-order valence-corrected chi connectivity index (χ1v) is 7.45. The molecule has 2 atom stereocenters. The van der Waals surface area contributed by atoms with Crippen LogP contribution in [0.3, 0.4) is 0 Å². The maximum atomic E-state index is 10.6. The van der Waals surface area contributed by atoms with Crippen LogP contribution in [-0.2, 0) is 5.60 Å². The number of aromatic nitrogens is 2. The third-order valence-electron chi connectivity index (χ3n) is 3.80. The summed E-state index contributed by atoms with van der Waals surface area (Å²) in [5.74, 6) is 0. The Morgan fingerprint density at radius 2 is 1.90 bits per heavy atom. The molecule has 1 heterocycles. The molecule has 21 heavy (non-hydrogen) atoms. The first-order valence-electron chi connectivity index (χ1n) is 7.45. The molecular formula is C17H25N3O. The number of aliphatic hydroxyl groups is 1. The average molecular weight is 287 g/mol. The van der Waals surface area contributed by atoms with Crippen LogP contribution in [0.5, 0.6) is 0 Å². The summed E-state index contributed by atoms with van der Waals surface area (Å²) in [4.78, 5) is 0. The molecule has 2 rings (SSSR count). The third-order valence-corrected chi connectivity index (χ3v) is 3.80. The Morgan fingerprint density at radius 3 is 2.48 bits per heavy atom. The van der Waals surface area contributed by atoms with Crippen molar-refractivity contribution in [1.29, 1.82) is 0 Å². The summed E-state index contributed by atoms with van der Waals surface area (Å²) in [6.07, 6.45) is 3.94. The number of benzene rings is 1. The highest BCUT2D eigenvalue weighted by molar-refractivity contribution is 5.22. The Bertz CT molecular complexity index is 560. The molecule has 4 heteroatoms. The molecule has 0 spiro atoms. The molecule has 0 aliphatic heterocycles. The fourth-order valence-corrected chi connectivity index (χ4v) is 2.23. The third kappa shape index (κ3) is 3.93. The summed E-state index contributed by atoms with van der Waals surface area (Å²) in [5, 5.41) is 18.3. The summed E-state index contributed by atoms with van der Waals surface area (Å²) in [6.45, 7) is 8.62. The van der Waals surface area contributed by atoms with Crippen molar-refractivity contribution in [2.75, 3.05) is 6.54 Å². The summed E-state index contributed by atoms with van der Waals surface area (Å²) >= 11 is 0. The molecule has 0 fully saturated rings. The van der Waals surface area contributed by atoms with E-state index in [2.05, 4.69) is 37.4 Å². The second kappa shape index (κ2) is 6.41. The van der Waals surface area contributed by atoms with Gasteiger partial charge in [-0.2, -0.15) is 5.10 Å². The monoisotopic (exact) mass is 287 g/mol. The van der Waals surface area contributed by atoms with E-state index in [9.17, 15) is 5.11 Å². The molecule has 2 N–H and O–H groups in total. The highest BCUT2D eigenvalue weighted by Crippen LogP contribution is 2.21. The molecule has 114 valence electrons. The Hall–Kier alpha value is -1.65. The Balaban J connectivity index is 1.98. The van der Waals surface area contributed by atoms with Crippen molar-refractivity contribution >= 4 is 0 Å². The molecular weight excluding hydrogens is 262 g/mol. The summed E-state index contributed by atoms with van der Waals surface area (Å²) < 4.78 is 1.95. The molecule has 4 nitrogen and oxygen atoms in total. The van der Waals surface area contributed by atoms with E-state index in [1.165, 1.54) is 0 Å². The van der Waals surface area contributed by atoms with Gasteiger partial charge in [0, 0.05) is 30.4 Å². The van der Waals surface area contributed by atoms with E-state index in [0.717, 1.165) is 11.1 Å². The van der Waals surface area contributed by atoms with Crippen molar-refractivity contribution in [1.82, 2.24) is 15.1 Å². The fourth-order valence-electron chi connectivity index (χ4n) is 2.23. The highest BCUT2D eigenvalue weighted by Gasteiger charge is 2.23. The largest absolute Gasteiger partial charge is 0.384 e. The molecule has 0 saturated carbocycles. The normalized spacial score (nSPS) is 15.9. The van der Waals surface area contributed by atoms with Crippen LogP contribution >= 0.6 is 0 Å². The number of hydrogen-bond donors (Lipinski definition) is 2. The van der Waals surface area contributed by atoms with Crippen LogP contribution in [0, 0.1) is 0 Å². The van der Waals surface area contributed by atoms with E-state index in [4.69, 9.17) is 0 Å². The molecule has 0 aliphatic carbocycles. The standard InChI is InChI=1S/C17H25N3O/c1-13(2)20-11-15(10-19-20)14(3)18-12-17(4,21)16-8-6-5-7-9-16/h5-11,13-14,18,21H,12H2,1-4H3. The Morgan fingerprint density at radius 1 is 1.24 bits per heavy atom. The Labute approximate surface area is 126 Å². The molecule has 0 saturated heterocycles. The number of nitrogens with zero attached hydrogens (tertiary/aromatic N) is 2. The SMILES string of the molecule is CC(NCC(C)(O)c1ccccc1)c1cnn(C(C)C)c1. The maximum Gasteiger partial charge on any atom is 0.0992 e. The van der Waals surface area contributed by atoms with Crippen LogP contribution in [0.15, 0.2) is 42.7 Å². The molecule has 2 unspecified atom stereocenters. The van der Waals surface area contributed by atoms with Crippen molar-refractivity contribution in [3.8, 4) is 0 Å². The van der Waals surface area contributed by atoms with Gasteiger partial charge >= 0.3 is 0 Å². The van der Waals surface area contributed by atoms with Gasteiger partial charge < -0.3 is 10.4 Å². The van der Waals surface area contributed by atoms with Gasteiger partial charge in [0.25, 0.3) is 0 Å². The molecule has 2 aromatic rings. The lowest BCUT2D eigenvalue weighted by Crippen LogP contribution is -2.36. The molecule has 0 bridgehead atoms. The summed E-state index contributed by atoms with van der Waals surface area (Å²) in [6, 6.07) is 10.2. The topological polar surface area (TPSA) is 50.1 Å². The zero-order valence-corrected chi connectivity index (χ0v) is 13.2. The van der Waals surface area contributed by atoms with Crippen molar-refractivity contribution < 1.29 is 5.11 Å². The smallest absolute Gasteiger partial charge is 0.0992 e. The van der Waals surface area contributed by atoms with Crippen molar-refractivity contribution in [3.63, 3.8) is 0 Å². The second-order valence-electron chi connectivity index (χ2n) is 6.09. The number of rotatable bonds is 6. The van der Waals surface area contributed by atoms with Gasteiger partial charge in [0.05, 0.1) is 11.8 Å². The van der Waals surface area contributed by atoms with Gasteiger partial charge in [-0.15, -0.1) is 0 Å². The van der Waals surface area contributed by atoms with Crippen LogP contribution in [0.25, 0.3) is 0 Å².